The Morgan fingerprint density at radius 1 is 0.221 bits per heavy atom. The summed E-state index contributed by atoms with van der Waals surface area (Å²) in [6.07, 6.45) is 30.9. The summed E-state index contributed by atoms with van der Waals surface area (Å²) in [4.78, 5) is 62.1. The van der Waals surface area contributed by atoms with E-state index in [1.807, 2.05) is 5.57 Å². The molecule has 0 N–H and O–H groups in total. The maximum atomic E-state index is 3.23. The van der Waals surface area contributed by atoms with E-state index in [0.717, 1.165) is 78.5 Å². The van der Waals surface area contributed by atoms with E-state index in [1.165, 1.54) is 272 Å². The number of hydrogen-bond acceptors (Lipinski definition) is 20. The Morgan fingerprint density at radius 2 is 0.504 bits per heavy atom. The molecule has 21 rings (SSSR count). The minimum Gasteiger partial charge on any atom is -0.358 e. The monoisotopic (exact) mass is 1550 g/mol. The summed E-state index contributed by atoms with van der Waals surface area (Å²) in [7, 11) is 0. The third-order valence-corrected chi connectivity index (χ3v) is 33.5. The van der Waals surface area contributed by atoms with Gasteiger partial charge in [0, 0.05) is 161 Å². The Labute approximate surface area is 682 Å². The molecule has 0 aromatic heterocycles. The molecule has 20 heteroatoms. The fraction of sp³-hybridized carbons (Fsp3) is 0.806. The Morgan fingerprint density at radius 3 is 0.858 bits per heavy atom. The second-order valence-corrected chi connectivity index (χ2v) is 38.3. The highest BCUT2D eigenvalue weighted by atomic mass is 15.6. The van der Waals surface area contributed by atoms with Crippen LogP contribution in [-0.2, 0) is 0 Å². The summed E-state index contributed by atoms with van der Waals surface area (Å²) in [5.74, 6) is 14.4. The van der Waals surface area contributed by atoms with Crippen molar-refractivity contribution in [3.05, 3.63) is 103 Å². The number of hydrogen-bond donors (Lipinski definition) is 0. The van der Waals surface area contributed by atoms with Crippen LogP contribution in [0.2, 0.25) is 0 Å². The molecule has 11 unspecified atom stereocenters. The fourth-order valence-electron chi connectivity index (χ4n) is 29.5. The summed E-state index contributed by atoms with van der Waals surface area (Å²) in [5, 5.41) is 0. The number of nitrogens with zero attached hydrogens (tertiary/aromatic N) is 20. The van der Waals surface area contributed by atoms with Crippen LogP contribution < -0.4 is 0 Å². The molecule has 0 amide bonds. The second kappa shape index (κ2) is 30.3. The van der Waals surface area contributed by atoms with E-state index in [9.17, 15) is 0 Å². The zero-order valence-electron chi connectivity index (χ0n) is 72.4. The van der Waals surface area contributed by atoms with Gasteiger partial charge in [-0.1, -0.05) is 0 Å². The fourth-order valence-corrected chi connectivity index (χ4v) is 29.5. The van der Waals surface area contributed by atoms with Gasteiger partial charge < -0.3 is 58.8 Å². The maximum absolute atomic E-state index is 3.23. The van der Waals surface area contributed by atoms with Crippen LogP contribution in [0.1, 0.15) is 223 Å². The predicted molar refractivity (Wildman–Crippen MR) is 454 cm³/mol. The van der Waals surface area contributed by atoms with E-state index in [2.05, 4.69) is 167 Å². The molecule has 113 heavy (non-hydrogen) atoms. The van der Waals surface area contributed by atoms with Gasteiger partial charge in [-0.25, -0.2) is 0 Å². The Bertz CT molecular complexity index is 3920. The van der Waals surface area contributed by atoms with Crippen molar-refractivity contribution in [1.82, 2.24) is 98.0 Å². The quantitative estimate of drug-likeness (QED) is 0.131. The highest BCUT2D eigenvalue weighted by Gasteiger charge is 2.67. The number of rotatable bonds is 18. The normalized spacial score (nSPS) is 35.3. The first kappa shape index (κ1) is 75.4. The second-order valence-electron chi connectivity index (χ2n) is 38.3. The van der Waals surface area contributed by atoms with Crippen molar-refractivity contribution in [3.63, 3.8) is 0 Å². The largest absolute Gasteiger partial charge is 0.358 e. The van der Waals surface area contributed by atoms with Crippen LogP contribution in [0.25, 0.3) is 0 Å². The van der Waals surface area contributed by atoms with E-state index in [4.69, 9.17) is 0 Å². The van der Waals surface area contributed by atoms with Gasteiger partial charge in [-0.3, -0.25) is 39.2 Å². The lowest BCUT2D eigenvalue weighted by Gasteiger charge is -2.69. The summed E-state index contributed by atoms with van der Waals surface area (Å²) >= 11 is 0. The van der Waals surface area contributed by atoms with Crippen LogP contribution in [0.3, 0.4) is 0 Å². The maximum Gasteiger partial charge on any atom is 0.119 e. The molecular formula is C93H148N20. The van der Waals surface area contributed by atoms with Crippen molar-refractivity contribution in [2.24, 2.45) is 0 Å². The summed E-state index contributed by atoms with van der Waals surface area (Å²) in [6.45, 7) is 59.5. The van der Waals surface area contributed by atoms with E-state index in [1.54, 1.807) is 97.0 Å². The third-order valence-electron chi connectivity index (χ3n) is 33.5. The minimum absolute atomic E-state index is 0.154. The highest BCUT2D eigenvalue weighted by molar-refractivity contribution is 5.64. The van der Waals surface area contributed by atoms with Gasteiger partial charge in [-0.2, -0.15) is 0 Å². The molecule has 21 aliphatic heterocycles. The van der Waals surface area contributed by atoms with Gasteiger partial charge in [-0.05, 0) is 321 Å². The van der Waals surface area contributed by atoms with Crippen LogP contribution in [-0.4, -0.2) is 360 Å². The molecule has 0 aromatic rings. The predicted octanol–water partition coefficient (Wildman–Crippen LogP) is 11.2. The van der Waals surface area contributed by atoms with Crippen molar-refractivity contribution in [3.8, 4) is 0 Å². The number of likely N-dealkylation sites (tertiary alicyclic amines) is 8. The average Bonchev–Trinajstić information content (AvgIpc) is 1.48. The topological polar surface area (TPSA) is 64.8 Å². The molecule has 0 aliphatic carbocycles. The molecule has 9 fully saturated rings. The lowest BCUT2D eigenvalue weighted by molar-refractivity contribution is -0.120. The van der Waals surface area contributed by atoms with Gasteiger partial charge in [0.2, 0.25) is 0 Å². The van der Waals surface area contributed by atoms with Gasteiger partial charge in [0.25, 0.3) is 0 Å². The highest BCUT2D eigenvalue weighted by Crippen LogP contribution is 2.63. The van der Waals surface area contributed by atoms with Gasteiger partial charge >= 0.3 is 0 Å². The Kier molecular flexibility index (Phi) is 20.2. The van der Waals surface area contributed by atoms with Gasteiger partial charge in [0.1, 0.15) is 58.1 Å². The molecule has 20 nitrogen and oxygen atoms in total. The van der Waals surface area contributed by atoms with Crippen molar-refractivity contribution in [2.45, 2.75) is 289 Å². The lowest BCUT2D eigenvalue weighted by atomic mass is 9.68. The van der Waals surface area contributed by atoms with Crippen LogP contribution in [0.15, 0.2) is 103 Å². The molecule has 21 aliphatic rings. The van der Waals surface area contributed by atoms with Crippen LogP contribution in [0.5, 0.6) is 0 Å². The van der Waals surface area contributed by atoms with Crippen LogP contribution in [0.4, 0.5) is 0 Å². The smallest absolute Gasteiger partial charge is 0.119 e. The molecule has 620 valence electrons. The van der Waals surface area contributed by atoms with Crippen molar-refractivity contribution in [1.29, 1.82) is 0 Å². The first-order valence-corrected chi connectivity index (χ1v) is 48.5. The lowest BCUT2D eigenvalue weighted by Crippen LogP contribution is -2.75. The summed E-state index contributed by atoms with van der Waals surface area (Å²) in [5.41, 5.74) is 15.9. The summed E-state index contributed by atoms with van der Waals surface area (Å²) < 4.78 is 0. The van der Waals surface area contributed by atoms with Crippen LogP contribution >= 0.6 is 0 Å². The minimum atomic E-state index is -0.234. The molecule has 1 spiro atoms. The van der Waals surface area contributed by atoms with Crippen LogP contribution in [0, 0.1) is 0 Å². The molecule has 0 radical (unpaired) electrons. The van der Waals surface area contributed by atoms with Crippen molar-refractivity contribution in [2.75, 3.05) is 196 Å². The number of fused-ring (bicyclic) bond motifs is 2. The first-order chi connectivity index (χ1) is 55.7. The van der Waals surface area contributed by atoms with Crippen molar-refractivity contribution >= 4 is 0 Å². The zero-order chi connectivity index (χ0) is 76.4. The first-order valence-electron chi connectivity index (χ1n) is 48.5. The SMILES string of the molecule is CCN1CCC(N2CCCC2)C2=C1N(CC)C1=C(C2N2CCCC2)C(N2CCCC2)C2=C(N1CC)N(CC)C1=C(C2N2CCCC2)C(N2CCCC2)C2=C(N1CC)N(CC)C1=C(C(N3CCCC3)C3=C(N1CC)N(CC)C1(CC3N3CCCC3)CC3C4=C(N(CC)CCC4N4CCCC5=C4N3CCC5)N1CC)C2N1CCCC1. The standard InChI is InChI=1S/C93H148N20/c1-11-94-61-41-66(96-43-21-22-44-96)71-78(98-47-25-26-48-98)73-80(100-51-29-30-52-100)75-82(102-55-33-34-56-102)77-83(103-57-35-36-58-103)76-81(101-53-31-32-54-101)74-79(99-49-27-28-50-99)72-68(97-45-23-24-46-97)63-93(64-69-70-67(42-62-95(12-2)86(70)112(93)19-9)110-59-37-39-65-40-38-60-111(69)84(65)110)113(20-10)92(72)109(18-8)91(74)108(17-7)90(76)107(16-6)89(77)106(15-5)88(75)105(14-4)87(73)104(13-3)85(71)94/h66-69,78-83H,11-64H2,1-10H3. The third kappa shape index (κ3) is 11.0. The Balaban J connectivity index is 0.786. The van der Waals surface area contributed by atoms with E-state index < -0.39 is 0 Å². The van der Waals surface area contributed by atoms with Gasteiger partial charge in [-0.15, -0.1) is 0 Å². The average molecular weight is 1550 g/mol. The Hall–Kier alpha value is -5.06. The van der Waals surface area contributed by atoms with Gasteiger partial charge in [0.15, 0.2) is 0 Å². The molecule has 0 saturated carbocycles. The zero-order valence-corrected chi connectivity index (χ0v) is 72.4. The van der Waals surface area contributed by atoms with Gasteiger partial charge in [0.05, 0.1) is 48.3 Å². The van der Waals surface area contributed by atoms with E-state index in [0.29, 0.717) is 24.2 Å². The molecule has 0 aromatic carbocycles. The van der Waals surface area contributed by atoms with E-state index in [-0.39, 0.29) is 41.9 Å². The van der Waals surface area contributed by atoms with Crippen molar-refractivity contribution < 1.29 is 0 Å². The molecule has 21 heterocycles. The molecular weight excluding hydrogens is 1400 g/mol. The number of allylic oxidation sites excluding steroid dienone is 1. The molecule has 11 atom stereocenters. The summed E-state index contributed by atoms with van der Waals surface area (Å²) in [6, 6.07) is 2.86. The molecule has 9 saturated heterocycles. The van der Waals surface area contributed by atoms with E-state index >= 15 is 0 Å². The molecule has 0 bridgehead atoms.